The fourth-order valence-electron chi connectivity index (χ4n) is 3.00. The summed E-state index contributed by atoms with van der Waals surface area (Å²) >= 11 is 0. The molecule has 2 rings (SSSR count). The molecule has 114 valence electrons. The molecule has 4 nitrogen and oxygen atoms in total. The summed E-state index contributed by atoms with van der Waals surface area (Å²) in [6.07, 6.45) is 5.37. The topological polar surface area (TPSA) is 41.3 Å². The SMILES string of the molecule is CC1CCCC(N(C)Cc2cc(CNC(C)C)no2)C1. The first kappa shape index (κ1) is 15.5. The van der Waals surface area contributed by atoms with Crippen LogP contribution in [0.1, 0.15) is 57.9 Å². The fraction of sp³-hybridized carbons (Fsp3) is 0.812. The molecule has 2 unspecified atom stereocenters. The van der Waals surface area contributed by atoms with Gasteiger partial charge in [-0.25, -0.2) is 0 Å². The van der Waals surface area contributed by atoms with Crippen molar-refractivity contribution in [1.82, 2.24) is 15.4 Å². The van der Waals surface area contributed by atoms with Crippen LogP contribution in [0.3, 0.4) is 0 Å². The molecular weight excluding hydrogens is 250 g/mol. The highest BCUT2D eigenvalue weighted by molar-refractivity contribution is 5.05. The van der Waals surface area contributed by atoms with E-state index in [1.54, 1.807) is 0 Å². The molecule has 1 aliphatic rings. The summed E-state index contributed by atoms with van der Waals surface area (Å²) in [5.74, 6) is 1.84. The van der Waals surface area contributed by atoms with Crippen molar-refractivity contribution in [1.29, 1.82) is 0 Å². The summed E-state index contributed by atoms with van der Waals surface area (Å²) in [5.41, 5.74) is 0.999. The molecule has 0 spiro atoms. The van der Waals surface area contributed by atoms with Crippen LogP contribution in [-0.4, -0.2) is 29.2 Å². The summed E-state index contributed by atoms with van der Waals surface area (Å²) in [5, 5.41) is 7.50. The minimum atomic E-state index is 0.474. The lowest BCUT2D eigenvalue weighted by molar-refractivity contribution is 0.145. The highest BCUT2D eigenvalue weighted by Gasteiger charge is 2.23. The summed E-state index contributed by atoms with van der Waals surface area (Å²) in [7, 11) is 2.21. The van der Waals surface area contributed by atoms with Crippen LogP contribution in [0.4, 0.5) is 0 Å². The Balaban J connectivity index is 1.83. The number of hydrogen-bond donors (Lipinski definition) is 1. The first-order valence-electron chi connectivity index (χ1n) is 7.92. The number of rotatable bonds is 6. The number of aromatic nitrogens is 1. The van der Waals surface area contributed by atoms with Crippen molar-refractivity contribution in [3.63, 3.8) is 0 Å². The standard InChI is InChI=1S/C16H29N3O/c1-12(2)17-10-14-9-16(20-18-14)11-19(4)15-7-5-6-13(3)8-15/h9,12-13,15,17H,5-8,10-11H2,1-4H3. The van der Waals surface area contributed by atoms with Crippen LogP contribution in [0.2, 0.25) is 0 Å². The van der Waals surface area contributed by atoms with Gasteiger partial charge in [-0.15, -0.1) is 0 Å². The van der Waals surface area contributed by atoms with Gasteiger partial charge in [0.25, 0.3) is 0 Å². The molecule has 0 aromatic carbocycles. The average molecular weight is 279 g/mol. The highest BCUT2D eigenvalue weighted by Crippen LogP contribution is 2.27. The zero-order chi connectivity index (χ0) is 14.5. The average Bonchev–Trinajstić information content (AvgIpc) is 2.84. The van der Waals surface area contributed by atoms with Gasteiger partial charge in [0.15, 0.2) is 5.76 Å². The molecule has 0 radical (unpaired) electrons. The van der Waals surface area contributed by atoms with Crippen LogP contribution < -0.4 is 5.32 Å². The zero-order valence-corrected chi connectivity index (χ0v) is 13.4. The lowest BCUT2D eigenvalue weighted by Gasteiger charge is -2.33. The summed E-state index contributed by atoms with van der Waals surface area (Å²) in [6.45, 7) is 8.29. The molecular formula is C16H29N3O. The minimum absolute atomic E-state index is 0.474. The monoisotopic (exact) mass is 279 g/mol. The van der Waals surface area contributed by atoms with Gasteiger partial charge in [-0.1, -0.05) is 38.8 Å². The van der Waals surface area contributed by atoms with Crippen LogP contribution in [-0.2, 0) is 13.1 Å². The van der Waals surface area contributed by atoms with Crippen molar-refractivity contribution in [3.8, 4) is 0 Å². The Bertz CT molecular complexity index is 402. The van der Waals surface area contributed by atoms with Crippen LogP contribution in [0.5, 0.6) is 0 Å². The number of nitrogens with one attached hydrogen (secondary N) is 1. The Kier molecular flexibility index (Phi) is 5.61. The summed E-state index contributed by atoms with van der Waals surface area (Å²) < 4.78 is 5.45. The van der Waals surface area contributed by atoms with E-state index in [0.717, 1.165) is 30.5 Å². The Morgan fingerprint density at radius 3 is 2.95 bits per heavy atom. The van der Waals surface area contributed by atoms with Crippen LogP contribution in [0.15, 0.2) is 10.6 Å². The van der Waals surface area contributed by atoms with Gasteiger partial charge in [-0.3, -0.25) is 4.90 Å². The third-order valence-electron chi connectivity index (χ3n) is 4.24. The van der Waals surface area contributed by atoms with Gasteiger partial charge in [0.1, 0.15) is 0 Å². The highest BCUT2D eigenvalue weighted by atomic mass is 16.5. The van der Waals surface area contributed by atoms with E-state index < -0.39 is 0 Å². The van der Waals surface area contributed by atoms with Gasteiger partial charge in [0.05, 0.1) is 12.2 Å². The van der Waals surface area contributed by atoms with Crippen LogP contribution in [0.25, 0.3) is 0 Å². The molecule has 1 aromatic rings. The van der Waals surface area contributed by atoms with Gasteiger partial charge in [-0.05, 0) is 25.8 Å². The van der Waals surface area contributed by atoms with E-state index in [2.05, 4.69) is 49.3 Å². The molecule has 4 heteroatoms. The molecule has 1 N–H and O–H groups in total. The van der Waals surface area contributed by atoms with Gasteiger partial charge in [0, 0.05) is 24.7 Å². The second-order valence-corrected chi connectivity index (χ2v) is 6.66. The lowest BCUT2D eigenvalue weighted by Crippen LogP contribution is -2.34. The molecule has 1 aliphatic carbocycles. The quantitative estimate of drug-likeness (QED) is 0.868. The Hall–Kier alpha value is -0.870. The first-order chi connectivity index (χ1) is 9.54. The van der Waals surface area contributed by atoms with E-state index in [4.69, 9.17) is 4.52 Å². The molecule has 1 saturated carbocycles. The molecule has 20 heavy (non-hydrogen) atoms. The molecule has 1 aromatic heterocycles. The first-order valence-corrected chi connectivity index (χ1v) is 7.92. The Labute approximate surface area is 122 Å². The zero-order valence-electron chi connectivity index (χ0n) is 13.4. The van der Waals surface area contributed by atoms with E-state index in [0.29, 0.717) is 12.1 Å². The van der Waals surface area contributed by atoms with Crippen molar-refractivity contribution >= 4 is 0 Å². The van der Waals surface area contributed by atoms with E-state index >= 15 is 0 Å². The predicted molar refractivity (Wildman–Crippen MR) is 81.4 cm³/mol. The normalized spacial score (nSPS) is 23.7. The minimum Gasteiger partial charge on any atom is -0.360 e. The largest absolute Gasteiger partial charge is 0.360 e. The predicted octanol–water partition coefficient (Wildman–Crippen LogP) is 3.18. The van der Waals surface area contributed by atoms with Crippen molar-refractivity contribution in [2.75, 3.05) is 7.05 Å². The maximum Gasteiger partial charge on any atom is 0.151 e. The molecule has 2 atom stereocenters. The van der Waals surface area contributed by atoms with Crippen molar-refractivity contribution in [3.05, 3.63) is 17.5 Å². The maximum absolute atomic E-state index is 5.45. The molecule has 0 saturated heterocycles. The van der Waals surface area contributed by atoms with Crippen LogP contribution in [0, 0.1) is 5.92 Å². The number of nitrogens with zero attached hydrogens (tertiary/aromatic N) is 2. The van der Waals surface area contributed by atoms with Gasteiger partial charge < -0.3 is 9.84 Å². The van der Waals surface area contributed by atoms with E-state index in [1.807, 2.05) is 0 Å². The number of hydrogen-bond acceptors (Lipinski definition) is 4. The van der Waals surface area contributed by atoms with Gasteiger partial charge >= 0.3 is 0 Å². The lowest BCUT2D eigenvalue weighted by atomic mass is 9.86. The Morgan fingerprint density at radius 2 is 2.25 bits per heavy atom. The molecule has 0 bridgehead atoms. The van der Waals surface area contributed by atoms with Gasteiger partial charge in [0.2, 0.25) is 0 Å². The van der Waals surface area contributed by atoms with E-state index in [9.17, 15) is 0 Å². The molecule has 0 aliphatic heterocycles. The second kappa shape index (κ2) is 7.23. The van der Waals surface area contributed by atoms with Crippen molar-refractivity contribution < 1.29 is 4.52 Å². The summed E-state index contributed by atoms with van der Waals surface area (Å²) in [4.78, 5) is 2.43. The molecule has 1 fully saturated rings. The molecule has 1 heterocycles. The molecule has 0 amide bonds. The maximum atomic E-state index is 5.45. The van der Waals surface area contributed by atoms with Crippen molar-refractivity contribution in [2.45, 2.75) is 71.6 Å². The third kappa shape index (κ3) is 4.60. The second-order valence-electron chi connectivity index (χ2n) is 6.66. The van der Waals surface area contributed by atoms with Crippen LogP contribution >= 0.6 is 0 Å². The Morgan fingerprint density at radius 1 is 1.45 bits per heavy atom. The summed E-state index contributed by atoms with van der Waals surface area (Å²) in [6, 6.07) is 3.25. The fourth-order valence-corrected chi connectivity index (χ4v) is 3.00. The van der Waals surface area contributed by atoms with Gasteiger partial charge in [-0.2, -0.15) is 0 Å². The van der Waals surface area contributed by atoms with E-state index in [1.165, 1.54) is 25.7 Å². The smallest absolute Gasteiger partial charge is 0.151 e. The van der Waals surface area contributed by atoms with Crippen molar-refractivity contribution in [2.24, 2.45) is 5.92 Å². The van der Waals surface area contributed by atoms with E-state index in [-0.39, 0.29) is 0 Å². The third-order valence-corrected chi connectivity index (χ3v) is 4.24.